The summed E-state index contributed by atoms with van der Waals surface area (Å²) in [6, 6.07) is 16.6. The van der Waals surface area contributed by atoms with E-state index in [1.54, 1.807) is 21.8 Å². The molecule has 4 aliphatic heterocycles. The van der Waals surface area contributed by atoms with E-state index in [4.69, 9.17) is 9.72 Å². The lowest BCUT2D eigenvalue weighted by Crippen LogP contribution is -2.63. The molecule has 7 heterocycles. The van der Waals surface area contributed by atoms with E-state index in [2.05, 4.69) is 42.6 Å². The number of carbonyl (C=O) groups is 5. The summed E-state index contributed by atoms with van der Waals surface area (Å²) in [5.74, 6) is -1.00. The second kappa shape index (κ2) is 21.9. The number of hydrogen-bond donors (Lipinski definition) is 2. The molecular weight excluding hydrogens is 961 g/mol. The molecular formula is C56H63F2N11O6. The third-order valence-electron chi connectivity index (χ3n) is 16.3. The normalized spacial score (nSPS) is 20.5. The van der Waals surface area contributed by atoms with Crippen LogP contribution in [0.2, 0.25) is 0 Å². The molecule has 5 amide bonds. The Morgan fingerprint density at radius 2 is 1.71 bits per heavy atom. The Labute approximate surface area is 434 Å². The first-order valence-corrected chi connectivity index (χ1v) is 26.3. The average molecular weight is 1020 g/mol. The van der Waals surface area contributed by atoms with Crippen LogP contribution in [-0.2, 0) is 20.9 Å². The van der Waals surface area contributed by atoms with Crippen LogP contribution >= 0.6 is 0 Å². The summed E-state index contributed by atoms with van der Waals surface area (Å²) in [6.45, 7) is 10.3. The van der Waals surface area contributed by atoms with Gasteiger partial charge in [0.15, 0.2) is 0 Å². The van der Waals surface area contributed by atoms with Crippen LogP contribution in [0.1, 0.15) is 109 Å². The molecule has 5 aromatic rings. The van der Waals surface area contributed by atoms with Crippen molar-refractivity contribution in [3.8, 4) is 22.9 Å². The molecule has 17 nitrogen and oxygen atoms in total. The van der Waals surface area contributed by atoms with Crippen LogP contribution in [0.5, 0.6) is 5.75 Å². The van der Waals surface area contributed by atoms with Gasteiger partial charge in [-0.05, 0) is 124 Å². The minimum absolute atomic E-state index is 0.0313. The SMILES string of the molecule is CCCC(C(=O)NC=O)N1Cc2ccc(C3CCN(C4CC(C(=O)N5CCN(CC6(NC(=O)c7cc(F)ccc7F)CCN(c7ccc(-c8cc(OCC)cn9ncc(C#N)c89)cn7)CC6)CC5)C4)CC3)cc2C1=O. The van der Waals surface area contributed by atoms with Crippen LogP contribution in [0.4, 0.5) is 14.6 Å². The number of piperazine rings is 1. The molecule has 5 aliphatic rings. The van der Waals surface area contributed by atoms with Crippen molar-refractivity contribution in [2.45, 2.75) is 95.3 Å². The van der Waals surface area contributed by atoms with E-state index in [-0.39, 0.29) is 23.3 Å². The standard InChI is InChI=1S/C56H63F2N11O6/c1-3-5-49(53(72)61-35-70)68-32-39-7-6-37(26-46(39)55(68)74)36-12-16-65(17-13-36)43-24-40(25-43)54(73)67-22-20-64(21-23-67)34-56(63-52(71)47-27-42(57)9-10-48(47)58)14-18-66(19-15-56)50-11-8-38(30-60-50)45-28-44(75-4-2)33-69-51(45)41(29-59)31-62-69/h6-11,26-28,30-31,33,35-36,40,43,49H,3-5,12-25,32,34H2,1-2H3,(H,63,71)(H,61,70,72). The Balaban J connectivity index is 0.727. The molecule has 1 saturated carbocycles. The summed E-state index contributed by atoms with van der Waals surface area (Å²) in [6.07, 6.45) is 11.1. The van der Waals surface area contributed by atoms with Gasteiger partial charge in [-0.15, -0.1) is 0 Å². The summed E-state index contributed by atoms with van der Waals surface area (Å²) < 4.78 is 36.7. The summed E-state index contributed by atoms with van der Waals surface area (Å²) in [4.78, 5) is 80.2. The fourth-order valence-corrected chi connectivity index (χ4v) is 12.0. The first-order valence-electron chi connectivity index (χ1n) is 26.3. The smallest absolute Gasteiger partial charge is 0.255 e. The third kappa shape index (κ3) is 10.5. The maximum absolute atomic E-state index is 15.0. The Bertz CT molecular complexity index is 3000. The number of nitrogens with zero attached hydrogens (tertiary/aromatic N) is 9. The zero-order valence-corrected chi connectivity index (χ0v) is 42.5. The molecule has 0 bridgehead atoms. The van der Waals surface area contributed by atoms with Gasteiger partial charge in [0.2, 0.25) is 18.2 Å². The molecule has 3 aromatic heterocycles. The van der Waals surface area contributed by atoms with Crippen molar-refractivity contribution in [2.24, 2.45) is 5.92 Å². The van der Waals surface area contributed by atoms with Crippen molar-refractivity contribution >= 4 is 41.4 Å². The third-order valence-corrected chi connectivity index (χ3v) is 16.3. The number of aromatic nitrogens is 3. The minimum atomic E-state index is -0.798. The lowest BCUT2D eigenvalue weighted by molar-refractivity contribution is -0.142. The van der Waals surface area contributed by atoms with Gasteiger partial charge in [-0.25, -0.2) is 18.3 Å². The number of hydrogen-bond acceptors (Lipinski definition) is 12. The highest BCUT2D eigenvalue weighted by Crippen LogP contribution is 2.39. The number of carbonyl (C=O) groups excluding carboxylic acids is 5. The monoisotopic (exact) mass is 1020 g/mol. The highest BCUT2D eigenvalue weighted by Gasteiger charge is 2.44. The van der Waals surface area contributed by atoms with Crippen LogP contribution < -0.4 is 20.3 Å². The molecule has 75 heavy (non-hydrogen) atoms. The lowest BCUT2D eigenvalue weighted by Gasteiger charge is -2.48. The number of anilines is 1. The highest BCUT2D eigenvalue weighted by molar-refractivity contribution is 6.02. The second-order valence-corrected chi connectivity index (χ2v) is 20.8. The molecule has 0 spiro atoms. The number of pyridine rings is 2. The predicted molar refractivity (Wildman–Crippen MR) is 275 cm³/mol. The first kappa shape index (κ1) is 51.2. The van der Waals surface area contributed by atoms with E-state index in [1.165, 1.54) is 6.20 Å². The van der Waals surface area contributed by atoms with E-state index >= 15 is 0 Å². The van der Waals surface area contributed by atoms with Crippen LogP contribution in [0.3, 0.4) is 0 Å². The van der Waals surface area contributed by atoms with Crippen molar-refractivity contribution in [1.82, 2.24) is 44.8 Å². The first-order chi connectivity index (χ1) is 36.4. The van der Waals surface area contributed by atoms with Crippen LogP contribution in [0.25, 0.3) is 16.6 Å². The number of fused-ring (bicyclic) bond motifs is 2. The van der Waals surface area contributed by atoms with E-state index in [1.807, 2.05) is 49.1 Å². The van der Waals surface area contributed by atoms with Crippen molar-refractivity contribution in [1.29, 1.82) is 5.26 Å². The number of rotatable bonds is 16. The molecule has 1 atom stereocenters. The maximum atomic E-state index is 15.0. The fourth-order valence-electron chi connectivity index (χ4n) is 12.0. The molecule has 1 aliphatic carbocycles. The fraction of sp³-hybridized carbons (Fsp3) is 0.464. The zero-order valence-electron chi connectivity index (χ0n) is 42.5. The van der Waals surface area contributed by atoms with Gasteiger partial charge < -0.3 is 29.7 Å². The predicted octanol–water partition coefficient (Wildman–Crippen LogP) is 5.91. The quantitative estimate of drug-likeness (QED) is 0.111. The molecule has 0 radical (unpaired) electrons. The topological polar surface area (TPSA) is 189 Å². The summed E-state index contributed by atoms with van der Waals surface area (Å²) in [7, 11) is 0. The van der Waals surface area contributed by atoms with Gasteiger partial charge in [-0.3, -0.25) is 34.2 Å². The largest absolute Gasteiger partial charge is 0.492 e. The van der Waals surface area contributed by atoms with Crippen molar-refractivity contribution in [3.05, 3.63) is 113 Å². The Morgan fingerprint density at radius 3 is 2.40 bits per heavy atom. The number of nitriles is 1. The van der Waals surface area contributed by atoms with Gasteiger partial charge in [0.1, 0.15) is 35.3 Å². The van der Waals surface area contributed by atoms with Crippen molar-refractivity contribution in [2.75, 3.05) is 70.4 Å². The number of piperidine rings is 2. The Kier molecular flexibility index (Phi) is 14.9. The zero-order chi connectivity index (χ0) is 52.4. The Morgan fingerprint density at radius 1 is 0.933 bits per heavy atom. The van der Waals surface area contributed by atoms with Gasteiger partial charge in [-0.1, -0.05) is 25.5 Å². The molecule has 19 heteroatoms. The summed E-state index contributed by atoms with van der Waals surface area (Å²) in [5, 5.41) is 19.6. The molecule has 2 N–H and O–H groups in total. The molecule has 4 fully saturated rings. The molecule has 1 unspecified atom stereocenters. The van der Waals surface area contributed by atoms with Gasteiger partial charge in [-0.2, -0.15) is 10.4 Å². The molecule has 10 rings (SSSR count). The van der Waals surface area contributed by atoms with Gasteiger partial charge in [0.05, 0.1) is 41.2 Å². The van der Waals surface area contributed by atoms with Crippen molar-refractivity contribution < 1.29 is 37.5 Å². The van der Waals surface area contributed by atoms with Gasteiger partial charge in [0.25, 0.3) is 11.8 Å². The molecule has 392 valence electrons. The number of ether oxygens (including phenoxy) is 1. The second-order valence-electron chi connectivity index (χ2n) is 20.8. The number of likely N-dealkylation sites (tertiary alicyclic amines) is 1. The number of nitrogens with one attached hydrogen (secondary N) is 2. The number of halogens is 2. The maximum Gasteiger partial charge on any atom is 0.255 e. The van der Waals surface area contributed by atoms with Crippen LogP contribution in [0.15, 0.2) is 73.2 Å². The van der Waals surface area contributed by atoms with E-state index in [0.29, 0.717) is 125 Å². The highest BCUT2D eigenvalue weighted by atomic mass is 19.1. The minimum Gasteiger partial charge on any atom is -0.492 e. The van der Waals surface area contributed by atoms with E-state index in [9.17, 15) is 38.0 Å². The number of amides is 5. The van der Waals surface area contributed by atoms with E-state index in [0.717, 1.165) is 85.0 Å². The van der Waals surface area contributed by atoms with Crippen LogP contribution in [0, 0.1) is 28.9 Å². The number of benzene rings is 2. The Hall–Kier alpha value is -7.30. The average Bonchev–Trinajstić information content (AvgIpc) is 3.99. The summed E-state index contributed by atoms with van der Waals surface area (Å²) in [5.41, 5.74) is 4.17. The van der Waals surface area contributed by atoms with E-state index < -0.39 is 35.0 Å². The molecule has 3 saturated heterocycles. The van der Waals surface area contributed by atoms with Gasteiger partial charge in [0, 0.05) is 87.2 Å². The number of imide groups is 1. The lowest BCUT2D eigenvalue weighted by atomic mass is 9.76. The summed E-state index contributed by atoms with van der Waals surface area (Å²) >= 11 is 0. The van der Waals surface area contributed by atoms with Gasteiger partial charge >= 0.3 is 0 Å². The molecule has 2 aromatic carbocycles. The van der Waals surface area contributed by atoms with Crippen LogP contribution in [-0.4, -0.2) is 147 Å². The van der Waals surface area contributed by atoms with Crippen molar-refractivity contribution in [3.63, 3.8) is 0 Å².